The number of nitrogens with zero attached hydrogens (tertiary/aromatic N) is 1. The fraction of sp³-hybridized carbons (Fsp3) is 0.625. The SMILES string of the molecule is CC(C)C(=O)Nc1sc2c(c1C#N)CC(C)(C)[NH2+]C2(C)C. The Morgan fingerprint density at radius 2 is 2.00 bits per heavy atom. The molecule has 3 N–H and O–H groups in total. The van der Waals surface area contributed by atoms with E-state index >= 15 is 0 Å². The van der Waals surface area contributed by atoms with Gasteiger partial charge < -0.3 is 10.6 Å². The van der Waals surface area contributed by atoms with E-state index in [0.717, 1.165) is 12.0 Å². The zero-order chi connectivity index (χ0) is 16.0. The molecule has 0 bridgehead atoms. The third-order valence-corrected chi connectivity index (χ3v) is 5.34. The second-order valence-corrected chi connectivity index (χ2v) is 8.42. The van der Waals surface area contributed by atoms with Crippen molar-refractivity contribution in [3.8, 4) is 6.07 Å². The summed E-state index contributed by atoms with van der Waals surface area (Å²) in [6.07, 6.45) is 0.850. The van der Waals surface area contributed by atoms with Crippen LogP contribution in [0.15, 0.2) is 0 Å². The zero-order valence-electron chi connectivity index (χ0n) is 13.6. The lowest BCUT2D eigenvalue weighted by Crippen LogP contribution is -3.03. The van der Waals surface area contributed by atoms with Gasteiger partial charge in [0.15, 0.2) is 0 Å². The normalized spacial score (nSPS) is 19.0. The summed E-state index contributed by atoms with van der Waals surface area (Å²) in [5.74, 6) is -0.127. The first-order valence-corrected chi connectivity index (χ1v) is 8.13. The largest absolute Gasteiger partial charge is 0.333 e. The molecule has 114 valence electrons. The molecule has 1 aromatic heterocycles. The van der Waals surface area contributed by atoms with Crippen molar-refractivity contribution >= 4 is 22.2 Å². The molecule has 2 heterocycles. The van der Waals surface area contributed by atoms with Crippen LogP contribution in [0.1, 0.15) is 57.5 Å². The van der Waals surface area contributed by atoms with E-state index in [4.69, 9.17) is 0 Å². The molecule has 4 nitrogen and oxygen atoms in total. The number of anilines is 1. The summed E-state index contributed by atoms with van der Waals surface area (Å²) in [6.45, 7) is 12.5. The van der Waals surface area contributed by atoms with Crippen LogP contribution in [0.25, 0.3) is 0 Å². The minimum Gasteiger partial charge on any atom is -0.333 e. The third kappa shape index (κ3) is 2.97. The highest BCUT2D eigenvalue weighted by molar-refractivity contribution is 7.16. The van der Waals surface area contributed by atoms with Crippen molar-refractivity contribution in [3.63, 3.8) is 0 Å². The fourth-order valence-electron chi connectivity index (χ4n) is 3.17. The second kappa shape index (κ2) is 5.11. The quantitative estimate of drug-likeness (QED) is 0.880. The van der Waals surface area contributed by atoms with E-state index in [9.17, 15) is 10.1 Å². The van der Waals surface area contributed by atoms with E-state index in [2.05, 4.69) is 44.4 Å². The summed E-state index contributed by atoms with van der Waals surface area (Å²) in [5, 5.41) is 15.5. The van der Waals surface area contributed by atoms with E-state index in [1.807, 2.05) is 13.8 Å². The van der Waals surface area contributed by atoms with Gasteiger partial charge in [-0.15, -0.1) is 11.3 Å². The molecule has 5 heteroatoms. The Labute approximate surface area is 130 Å². The maximum absolute atomic E-state index is 12.0. The molecular weight excluding hydrogens is 282 g/mol. The van der Waals surface area contributed by atoms with Crippen molar-refractivity contribution in [2.75, 3.05) is 5.32 Å². The highest BCUT2D eigenvalue weighted by Gasteiger charge is 2.44. The molecule has 0 fully saturated rings. The third-order valence-electron chi connectivity index (χ3n) is 3.85. The average Bonchev–Trinajstić information content (AvgIpc) is 2.64. The van der Waals surface area contributed by atoms with E-state index in [-0.39, 0.29) is 22.9 Å². The van der Waals surface area contributed by atoms with Gasteiger partial charge in [-0.25, -0.2) is 0 Å². The first-order chi connectivity index (χ1) is 9.57. The lowest BCUT2D eigenvalue weighted by molar-refractivity contribution is -0.789. The number of carbonyl (C=O) groups is 1. The Bertz CT molecular complexity index is 620. The van der Waals surface area contributed by atoms with Crippen LogP contribution in [0.5, 0.6) is 0 Å². The molecule has 1 aliphatic rings. The Kier molecular flexibility index (Phi) is 3.90. The first kappa shape index (κ1) is 16.0. The van der Waals surface area contributed by atoms with Gasteiger partial charge >= 0.3 is 0 Å². The molecule has 2 rings (SSSR count). The molecule has 0 unspecified atom stereocenters. The molecular formula is C16H24N3OS+. The van der Waals surface area contributed by atoms with E-state index in [1.54, 1.807) is 11.3 Å². The van der Waals surface area contributed by atoms with Gasteiger partial charge in [-0.05, 0) is 33.3 Å². The van der Waals surface area contributed by atoms with E-state index < -0.39 is 0 Å². The minimum absolute atomic E-state index is 0.0360. The number of rotatable bonds is 2. The van der Waals surface area contributed by atoms with E-state index in [1.165, 1.54) is 4.88 Å². The smallest absolute Gasteiger partial charge is 0.227 e. The molecule has 0 aromatic carbocycles. The number of fused-ring (bicyclic) bond motifs is 1. The number of hydrogen-bond donors (Lipinski definition) is 2. The molecule has 0 spiro atoms. The number of thiophene rings is 1. The maximum atomic E-state index is 12.0. The average molecular weight is 306 g/mol. The highest BCUT2D eigenvalue weighted by Crippen LogP contribution is 2.41. The molecule has 1 amide bonds. The van der Waals surface area contributed by atoms with Crippen molar-refractivity contribution in [1.29, 1.82) is 5.26 Å². The maximum Gasteiger partial charge on any atom is 0.227 e. The van der Waals surface area contributed by atoms with Crippen LogP contribution in [0.3, 0.4) is 0 Å². The Hall–Kier alpha value is -1.38. The van der Waals surface area contributed by atoms with Crippen LogP contribution in [0, 0.1) is 17.2 Å². The summed E-state index contributed by atoms with van der Waals surface area (Å²) >= 11 is 1.55. The molecule has 21 heavy (non-hydrogen) atoms. The summed E-state index contributed by atoms with van der Waals surface area (Å²) in [7, 11) is 0. The van der Waals surface area contributed by atoms with Crippen LogP contribution in [-0.4, -0.2) is 11.4 Å². The van der Waals surface area contributed by atoms with Crippen molar-refractivity contribution in [2.24, 2.45) is 5.92 Å². The van der Waals surface area contributed by atoms with Crippen LogP contribution >= 0.6 is 11.3 Å². The van der Waals surface area contributed by atoms with Crippen LogP contribution < -0.4 is 10.6 Å². The van der Waals surface area contributed by atoms with Gasteiger partial charge in [0.2, 0.25) is 5.91 Å². The van der Waals surface area contributed by atoms with Crippen LogP contribution in [0.4, 0.5) is 5.00 Å². The van der Waals surface area contributed by atoms with Crippen molar-refractivity contribution < 1.29 is 10.1 Å². The Morgan fingerprint density at radius 3 is 2.52 bits per heavy atom. The molecule has 0 radical (unpaired) electrons. The summed E-state index contributed by atoms with van der Waals surface area (Å²) < 4.78 is 0. The van der Waals surface area contributed by atoms with Crippen LogP contribution in [0.2, 0.25) is 0 Å². The summed E-state index contributed by atoms with van der Waals surface area (Å²) in [4.78, 5) is 13.2. The minimum atomic E-state index is -0.0910. The molecule has 1 aromatic rings. The zero-order valence-corrected chi connectivity index (χ0v) is 14.4. The second-order valence-electron chi connectivity index (χ2n) is 7.40. The van der Waals surface area contributed by atoms with Gasteiger partial charge in [-0.1, -0.05) is 13.8 Å². The number of nitriles is 1. The van der Waals surface area contributed by atoms with Gasteiger partial charge in [0.25, 0.3) is 0 Å². The van der Waals surface area contributed by atoms with Crippen molar-refractivity contribution in [1.82, 2.24) is 0 Å². The van der Waals surface area contributed by atoms with Gasteiger partial charge in [0.05, 0.1) is 16.0 Å². The number of carbonyl (C=O) groups excluding carboxylic acids is 1. The lowest BCUT2D eigenvalue weighted by atomic mass is 9.81. The van der Waals surface area contributed by atoms with Gasteiger partial charge in [0.1, 0.15) is 16.6 Å². The first-order valence-electron chi connectivity index (χ1n) is 7.31. The topological polar surface area (TPSA) is 69.5 Å². The highest BCUT2D eigenvalue weighted by atomic mass is 32.1. The summed E-state index contributed by atoms with van der Waals surface area (Å²) in [5.41, 5.74) is 1.74. The van der Waals surface area contributed by atoms with Gasteiger partial charge in [-0.2, -0.15) is 5.26 Å². The molecule has 0 saturated carbocycles. The molecule has 0 aliphatic carbocycles. The Morgan fingerprint density at radius 1 is 1.38 bits per heavy atom. The van der Waals surface area contributed by atoms with Crippen molar-refractivity contribution in [3.05, 3.63) is 16.0 Å². The number of quaternary nitrogens is 1. The fourth-order valence-corrected chi connectivity index (χ4v) is 4.41. The Balaban J connectivity index is 2.52. The lowest BCUT2D eigenvalue weighted by Gasteiger charge is -2.38. The van der Waals surface area contributed by atoms with Gasteiger partial charge in [0, 0.05) is 12.3 Å². The number of hydrogen-bond acceptors (Lipinski definition) is 3. The van der Waals surface area contributed by atoms with E-state index in [0.29, 0.717) is 10.6 Å². The predicted octanol–water partition coefficient (Wildman–Crippen LogP) is 2.35. The predicted molar refractivity (Wildman–Crippen MR) is 85.2 cm³/mol. The standard InChI is InChI=1S/C16H23N3OS/c1-9(2)13(20)18-14-11(8-17)10-7-15(3,4)19-16(5,6)12(10)21-14/h9,19H,7H2,1-6H3,(H,18,20)/p+1. The molecule has 1 aliphatic heterocycles. The monoisotopic (exact) mass is 306 g/mol. The molecule has 0 atom stereocenters. The summed E-state index contributed by atoms with van der Waals surface area (Å²) in [6, 6.07) is 2.31. The van der Waals surface area contributed by atoms with Gasteiger partial charge in [-0.3, -0.25) is 4.79 Å². The molecule has 0 saturated heterocycles. The van der Waals surface area contributed by atoms with Crippen LogP contribution in [-0.2, 0) is 16.8 Å². The number of amides is 1. The number of nitrogens with one attached hydrogen (secondary N) is 1. The van der Waals surface area contributed by atoms with Crippen molar-refractivity contribution in [2.45, 2.75) is 59.0 Å². The number of nitrogens with two attached hydrogens (primary N) is 1.